The van der Waals surface area contributed by atoms with E-state index in [4.69, 9.17) is 4.74 Å². The summed E-state index contributed by atoms with van der Waals surface area (Å²) < 4.78 is 5.71. The highest BCUT2D eigenvalue weighted by molar-refractivity contribution is 5.78. The molecule has 0 aromatic carbocycles. The summed E-state index contributed by atoms with van der Waals surface area (Å²) in [5, 5.41) is 3.09. The SMILES string of the molecule is CCO[C@@H]1CN(C)C[C@H]1NC(=O)CN(C)Cc1ccccn1. The first-order chi connectivity index (χ1) is 10.6. The fourth-order valence-corrected chi connectivity index (χ4v) is 2.81. The molecule has 0 bridgehead atoms. The molecule has 0 aliphatic carbocycles. The van der Waals surface area contributed by atoms with Gasteiger partial charge in [-0.05, 0) is 33.2 Å². The molecule has 1 amide bonds. The van der Waals surface area contributed by atoms with Crippen LogP contribution >= 0.6 is 0 Å². The summed E-state index contributed by atoms with van der Waals surface area (Å²) in [5.74, 6) is 0.0310. The summed E-state index contributed by atoms with van der Waals surface area (Å²) >= 11 is 0. The summed E-state index contributed by atoms with van der Waals surface area (Å²) in [7, 11) is 3.97. The minimum atomic E-state index is 0.0310. The number of aromatic nitrogens is 1. The predicted octanol–water partition coefficient (Wildman–Crippen LogP) is 0.349. The lowest BCUT2D eigenvalue weighted by Gasteiger charge is -2.22. The smallest absolute Gasteiger partial charge is 0.234 e. The van der Waals surface area contributed by atoms with Crippen molar-refractivity contribution in [2.45, 2.75) is 25.6 Å². The van der Waals surface area contributed by atoms with E-state index in [9.17, 15) is 4.79 Å². The fourth-order valence-electron chi connectivity index (χ4n) is 2.81. The van der Waals surface area contributed by atoms with Crippen LogP contribution in [0.2, 0.25) is 0 Å². The number of likely N-dealkylation sites (N-methyl/N-ethyl adjacent to an activating group) is 2. The third-order valence-electron chi connectivity index (χ3n) is 3.75. The van der Waals surface area contributed by atoms with Crippen molar-refractivity contribution in [3.05, 3.63) is 30.1 Å². The zero-order valence-electron chi connectivity index (χ0n) is 13.7. The highest BCUT2D eigenvalue weighted by atomic mass is 16.5. The van der Waals surface area contributed by atoms with Crippen molar-refractivity contribution < 1.29 is 9.53 Å². The number of ether oxygens (including phenoxy) is 1. The Balaban J connectivity index is 1.79. The molecule has 1 aliphatic heterocycles. The number of nitrogens with zero attached hydrogens (tertiary/aromatic N) is 3. The lowest BCUT2D eigenvalue weighted by Crippen LogP contribution is -2.47. The maximum atomic E-state index is 12.2. The third-order valence-corrected chi connectivity index (χ3v) is 3.75. The van der Waals surface area contributed by atoms with Crippen molar-refractivity contribution in [2.24, 2.45) is 0 Å². The maximum absolute atomic E-state index is 12.2. The van der Waals surface area contributed by atoms with Gasteiger partial charge in [-0.25, -0.2) is 0 Å². The molecule has 0 unspecified atom stereocenters. The van der Waals surface area contributed by atoms with Crippen LogP contribution in [0, 0.1) is 0 Å². The van der Waals surface area contributed by atoms with Crippen molar-refractivity contribution in [2.75, 3.05) is 40.3 Å². The second kappa shape index (κ2) is 8.22. The van der Waals surface area contributed by atoms with E-state index in [1.54, 1.807) is 6.20 Å². The van der Waals surface area contributed by atoms with Gasteiger partial charge in [0.1, 0.15) is 0 Å². The van der Waals surface area contributed by atoms with Gasteiger partial charge in [0.15, 0.2) is 0 Å². The Morgan fingerprint density at radius 2 is 2.32 bits per heavy atom. The van der Waals surface area contributed by atoms with Crippen LogP contribution in [0.1, 0.15) is 12.6 Å². The summed E-state index contributed by atoms with van der Waals surface area (Å²) in [5.41, 5.74) is 0.964. The van der Waals surface area contributed by atoms with Crippen LogP contribution in [0.4, 0.5) is 0 Å². The topological polar surface area (TPSA) is 57.7 Å². The van der Waals surface area contributed by atoms with Gasteiger partial charge in [-0.2, -0.15) is 0 Å². The number of carbonyl (C=O) groups excluding carboxylic acids is 1. The van der Waals surface area contributed by atoms with Gasteiger partial charge in [0.2, 0.25) is 5.91 Å². The lowest BCUT2D eigenvalue weighted by atomic mass is 10.2. The van der Waals surface area contributed by atoms with Gasteiger partial charge in [0.25, 0.3) is 0 Å². The number of pyridine rings is 1. The molecule has 2 rings (SSSR count). The van der Waals surface area contributed by atoms with E-state index < -0.39 is 0 Å². The second-order valence-corrected chi connectivity index (χ2v) is 5.88. The summed E-state index contributed by atoms with van der Waals surface area (Å²) in [6, 6.07) is 5.88. The molecule has 6 heteroatoms. The van der Waals surface area contributed by atoms with Gasteiger partial charge in [0.05, 0.1) is 24.4 Å². The molecule has 1 N–H and O–H groups in total. The molecule has 0 spiro atoms. The number of nitrogens with one attached hydrogen (secondary N) is 1. The van der Waals surface area contributed by atoms with E-state index in [2.05, 4.69) is 15.2 Å². The summed E-state index contributed by atoms with van der Waals surface area (Å²) in [6.45, 7) is 5.37. The first kappa shape index (κ1) is 16.9. The van der Waals surface area contributed by atoms with Gasteiger partial charge < -0.3 is 15.0 Å². The average Bonchev–Trinajstić information content (AvgIpc) is 2.79. The Labute approximate surface area is 132 Å². The Morgan fingerprint density at radius 1 is 1.50 bits per heavy atom. The average molecular weight is 306 g/mol. The molecule has 1 aromatic rings. The highest BCUT2D eigenvalue weighted by Gasteiger charge is 2.32. The maximum Gasteiger partial charge on any atom is 0.234 e. The van der Waals surface area contributed by atoms with Crippen LogP contribution in [0.3, 0.4) is 0 Å². The summed E-state index contributed by atoms with van der Waals surface area (Å²) in [6.07, 6.45) is 1.85. The van der Waals surface area contributed by atoms with Crippen molar-refractivity contribution >= 4 is 5.91 Å². The fraction of sp³-hybridized carbons (Fsp3) is 0.625. The van der Waals surface area contributed by atoms with Crippen LogP contribution in [0.25, 0.3) is 0 Å². The van der Waals surface area contributed by atoms with Crippen LogP contribution < -0.4 is 5.32 Å². The minimum absolute atomic E-state index is 0.0310. The van der Waals surface area contributed by atoms with E-state index in [1.165, 1.54) is 0 Å². The normalized spacial score (nSPS) is 22.2. The number of rotatable bonds is 7. The second-order valence-electron chi connectivity index (χ2n) is 5.88. The minimum Gasteiger partial charge on any atom is -0.375 e. The molecule has 1 saturated heterocycles. The molecule has 22 heavy (non-hydrogen) atoms. The summed E-state index contributed by atoms with van der Waals surface area (Å²) in [4.78, 5) is 20.6. The van der Waals surface area contributed by atoms with Crippen molar-refractivity contribution in [3.63, 3.8) is 0 Å². The molecule has 2 atom stereocenters. The van der Waals surface area contributed by atoms with Crippen LogP contribution in [-0.2, 0) is 16.1 Å². The largest absolute Gasteiger partial charge is 0.375 e. The quantitative estimate of drug-likeness (QED) is 0.788. The molecule has 1 aliphatic rings. The number of hydrogen-bond acceptors (Lipinski definition) is 5. The monoisotopic (exact) mass is 306 g/mol. The first-order valence-electron chi connectivity index (χ1n) is 7.76. The number of carbonyl (C=O) groups is 1. The Hall–Kier alpha value is -1.50. The lowest BCUT2D eigenvalue weighted by molar-refractivity contribution is -0.123. The van der Waals surface area contributed by atoms with Gasteiger partial charge >= 0.3 is 0 Å². The number of hydrogen-bond donors (Lipinski definition) is 1. The van der Waals surface area contributed by atoms with Gasteiger partial charge in [-0.15, -0.1) is 0 Å². The first-order valence-corrected chi connectivity index (χ1v) is 7.76. The molecule has 2 heterocycles. The Kier molecular flexibility index (Phi) is 6.30. The molecule has 1 aromatic heterocycles. The third kappa shape index (κ3) is 5.05. The standard InChI is InChI=1S/C16H26N4O2/c1-4-22-15-11-20(3)10-14(15)18-16(21)12-19(2)9-13-7-5-6-8-17-13/h5-8,14-15H,4,9-12H2,1-3H3,(H,18,21)/t14-,15-/m1/s1. The van der Waals surface area contributed by atoms with E-state index in [-0.39, 0.29) is 18.1 Å². The molecular formula is C16H26N4O2. The molecule has 6 nitrogen and oxygen atoms in total. The zero-order chi connectivity index (χ0) is 15.9. The molecule has 122 valence electrons. The van der Waals surface area contributed by atoms with E-state index >= 15 is 0 Å². The van der Waals surface area contributed by atoms with E-state index in [0.29, 0.717) is 19.7 Å². The van der Waals surface area contributed by atoms with Gasteiger partial charge in [-0.3, -0.25) is 14.7 Å². The molecular weight excluding hydrogens is 280 g/mol. The Bertz CT molecular complexity index is 468. The molecule has 0 saturated carbocycles. The Morgan fingerprint density at radius 3 is 3.00 bits per heavy atom. The molecule has 0 radical (unpaired) electrons. The highest BCUT2D eigenvalue weighted by Crippen LogP contribution is 2.11. The zero-order valence-corrected chi connectivity index (χ0v) is 13.7. The van der Waals surface area contributed by atoms with E-state index in [1.807, 2.05) is 44.1 Å². The van der Waals surface area contributed by atoms with Crippen molar-refractivity contribution in [3.8, 4) is 0 Å². The van der Waals surface area contributed by atoms with Crippen molar-refractivity contribution in [1.29, 1.82) is 0 Å². The predicted molar refractivity (Wildman–Crippen MR) is 85.4 cm³/mol. The molecule has 1 fully saturated rings. The van der Waals surface area contributed by atoms with Crippen LogP contribution in [0.15, 0.2) is 24.4 Å². The van der Waals surface area contributed by atoms with Crippen molar-refractivity contribution in [1.82, 2.24) is 20.1 Å². The van der Waals surface area contributed by atoms with Crippen LogP contribution in [0.5, 0.6) is 0 Å². The van der Waals surface area contributed by atoms with Gasteiger partial charge in [-0.1, -0.05) is 6.07 Å². The number of amides is 1. The van der Waals surface area contributed by atoms with Gasteiger partial charge in [0, 0.05) is 32.4 Å². The van der Waals surface area contributed by atoms with E-state index in [0.717, 1.165) is 18.8 Å². The van der Waals surface area contributed by atoms with Crippen LogP contribution in [-0.4, -0.2) is 73.2 Å². The number of likely N-dealkylation sites (tertiary alicyclic amines) is 1.